The van der Waals surface area contributed by atoms with Gasteiger partial charge in [-0.05, 0) is 41.5 Å². The molecule has 0 unspecified atom stereocenters. The molecule has 0 spiro atoms. The Balaban J connectivity index is 0.000000325. The molecule has 0 aromatic heterocycles. The molecule has 4 nitrogen and oxygen atoms in total. The quantitative estimate of drug-likeness (QED) is 0.712. The summed E-state index contributed by atoms with van der Waals surface area (Å²) in [6.45, 7) is 17.4. The molecule has 0 amide bonds. The van der Waals surface area contributed by atoms with E-state index in [-0.39, 0.29) is 5.60 Å². The summed E-state index contributed by atoms with van der Waals surface area (Å²) in [6.07, 6.45) is 0. The van der Waals surface area contributed by atoms with Gasteiger partial charge in [0.25, 0.3) is 6.47 Å². The minimum Gasteiger partial charge on any atom is -0.462 e. The summed E-state index contributed by atoms with van der Waals surface area (Å²) in [4.78, 5) is 12.1. The van der Waals surface area contributed by atoms with Crippen molar-refractivity contribution in [2.24, 2.45) is 0 Å². The number of nitrogens with zero attached hydrogens (tertiary/aromatic N) is 1. The summed E-state index contributed by atoms with van der Waals surface area (Å²) in [5.41, 5.74) is 0.0455. The van der Waals surface area contributed by atoms with Crippen LogP contribution in [-0.4, -0.2) is 48.7 Å². The van der Waals surface area contributed by atoms with Crippen LogP contribution in [0.2, 0.25) is 0 Å². The number of rotatable bonds is 1. The fraction of sp³-hybridized carbons (Fsp3) is 0.923. The molecule has 0 radical (unpaired) electrons. The Labute approximate surface area is 106 Å². The number of hydrogen-bond donors (Lipinski definition) is 1. The summed E-state index contributed by atoms with van der Waals surface area (Å²) in [7, 11) is 0. The molecule has 1 aliphatic heterocycles. The highest BCUT2D eigenvalue weighted by Gasteiger charge is 2.21. The minimum atomic E-state index is -0.318. The SMILES string of the molecule is CC(C)(C)N1CCNCC1.CC(C)(C)OC=O. The fourth-order valence-corrected chi connectivity index (χ4v) is 1.48. The molecule has 17 heavy (non-hydrogen) atoms. The van der Waals surface area contributed by atoms with E-state index < -0.39 is 0 Å². The lowest BCUT2D eigenvalue weighted by Gasteiger charge is -2.38. The molecule has 1 fully saturated rings. The average molecular weight is 244 g/mol. The predicted molar refractivity (Wildman–Crippen MR) is 71.1 cm³/mol. The van der Waals surface area contributed by atoms with Gasteiger partial charge in [-0.15, -0.1) is 0 Å². The van der Waals surface area contributed by atoms with Crippen LogP contribution in [0.3, 0.4) is 0 Å². The van der Waals surface area contributed by atoms with E-state index in [0.29, 0.717) is 12.0 Å². The standard InChI is InChI=1S/C8H18N2.C5H10O2/c1-8(2,3)10-6-4-9-5-7-10;1-5(2,3)7-4-6/h9H,4-7H2,1-3H3;4H,1-3H3. The van der Waals surface area contributed by atoms with Crippen molar-refractivity contribution in [1.29, 1.82) is 0 Å². The van der Waals surface area contributed by atoms with Gasteiger partial charge < -0.3 is 10.1 Å². The summed E-state index contributed by atoms with van der Waals surface area (Å²) >= 11 is 0. The van der Waals surface area contributed by atoms with E-state index in [0.717, 1.165) is 13.1 Å². The number of hydrogen-bond acceptors (Lipinski definition) is 4. The van der Waals surface area contributed by atoms with Crippen molar-refractivity contribution in [2.75, 3.05) is 26.2 Å². The van der Waals surface area contributed by atoms with E-state index >= 15 is 0 Å². The lowest BCUT2D eigenvalue weighted by atomic mass is 10.1. The molecule has 1 saturated heterocycles. The van der Waals surface area contributed by atoms with Gasteiger partial charge in [-0.1, -0.05) is 0 Å². The van der Waals surface area contributed by atoms with Gasteiger partial charge in [0.15, 0.2) is 0 Å². The zero-order valence-electron chi connectivity index (χ0n) is 12.2. The van der Waals surface area contributed by atoms with Gasteiger partial charge in [0, 0.05) is 31.7 Å². The molecule has 0 atom stereocenters. The number of carbonyl (C=O) groups excluding carboxylic acids is 1. The molecule has 0 aliphatic carbocycles. The molecule has 1 heterocycles. The smallest absolute Gasteiger partial charge is 0.293 e. The molecular formula is C13H28N2O2. The maximum absolute atomic E-state index is 9.60. The normalized spacial score (nSPS) is 18.0. The van der Waals surface area contributed by atoms with Crippen LogP contribution in [0.4, 0.5) is 0 Å². The van der Waals surface area contributed by atoms with Crippen molar-refractivity contribution in [3.05, 3.63) is 0 Å². The van der Waals surface area contributed by atoms with Crippen LogP contribution in [0, 0.1) is 0 Å². The molecule has 0 aromatic rings. The molecule has 1 N–H and O–H groups in total. The molecule has 0 aromatic carbocycles. The van der Waals surface area contributed by atoms with Crippen LogP contribution in [0.1, 0.15) is 41.5 Å². The van der Waals surface area contributed by atoms with E-state index in [9.17, 15) is 4.79 Å². The Morgan fingerprint density at radius 3 is 1.71 bits per heavy atom. The van der Waals surface area contributed by atoms with Crippen LogP contribution in [0.5, 0.6) is 0 Å². The Bertz CT molecular complexity index is 210. The third-order valence-corrected chi connectivity index (χ3v) is 2.47. The maximum Gasteiger partial charge on any atom is 0.293 e. The number of ether oxygens (including phenoxy) is 1. The highest BCUT2D eigenvalue weighted by molar-refractivity contribution is 5.37. The lowest BCUT2D eigenvalue weighted by molar-refractivity contribution is -0.138. The van der Waals surface area contributed by atoms with Crippen molar-refractivity contribution in [2.45, 2.75) is 52.7 Å². The highest BCUT2D eigenvalue weighted by Crippen LogP contribution is 2.12. The molecule has 4 heteroatoms. The molecule has 0 saturated carbocycles. The van der Waals surface area contributed by atoms with Crippen molar-refractivity contribution in [3.8, 4) is 0 Å². The van der Waals surface area contributed by atoms with Crippen LogP contribution in [-0.2, 0) is 9.53 Å². The molecule has 1 aliphatic rings. The topological polar surface area (TPSA) is 41.6 Å². The summed E-state index contributed by atoms with van der Waals surface area (Å²) < 4.78 is 4.55. The second-order valence-corrected chi connectivity index (χ2v) is 6.23. The van der Waals surface area contributed by atoms with Gasteiger partial charge in [0.05, 0.1) is 0 Å². The number of piperazine rings is 1. The average Bonchev–Trinajstić information content (AvgIpc) is 2.17. The maximum atomic E-state index is 9.60. The van der Waals surface area contributed by atoms with Gasteiger partial charge in [0.1, 0.15) is 5.60 Å². The lowest BCUT2D eigenvalue weighted by Crippen LogP contribution is -2.51. The van der Waals surface area contributed by atoms with E-state index in [1.54, 1.807) is 0 Å². The minimum absolute atomic E-state index is 0.318. The monoisotopic (exact) mass is 244 g/mol. The molecular weight excluding hydrogens is 216 g/mol. The zero-order valence-corrected chi connectivity index (χ0v) is 12.2. The third kappa shape index (κ3) is 9.12. The highest BCUT2D eigenvalue weighted by atomic mass is 16.5. The van der Waals surface area contributed by atoms with Gasteiger partial charge >= 0.3 is 0 Å². The number of carbonyl (C=O) groups is 1. The Hall–Kier alpha value is -0.610. The van der Waals surface area contributed by atoms with E-state index in [1.165, 1.54) is 13.1 Å². The van der Waals surface area contributed by atoms with Gasteiger partial charge in [0.2, 0.25) is 0 Å². The molecule has 1 rings (SSSR count). The van der Waals surface area contributed by atoms with Crippen LogP contribution >= 0.6 is 0 Å². The Kier molecular flexibility index (Phi) is 6.72. The Morgan fingerprint density at radius 2 is 1.53 bits per heavy atom. The largest absolute Gasteiger partial charge is 0.462 e. The molecule has 0 bridgehead atoms. The van der Waals surface area contributed by atoms with Crippen molar-refractivity contribution < 1.29 is 9.53 Å². The first-order valence-corrected chi connectivity index (χ1v) is 6.24. The first kappa shape index (κ1) is 16.4. The van der Waals surface area contributed by atoms with E-state index in [4.69, 9.17) is 0 Å². The fourth-order valence-electron chi connectivity index (χ4n) is 1.48. The third-order valence-electron chi connectivity index (χ3n) is 2.47. The first-order chi connectivity index (χ1) is 7.67. The predicted octanol–water partition coefficient (Wildman–Crippen LogP) is 1.65. The summed E-state index contributed by atoms with van der Waals surface area (Å²) in [5, 5.41) is 3.35. The van der Waals surface area contributed by atoms with Crippen LogP contribution in [0.25, 0.3) is 0 Å². The van der Waals surface area contributed by atoms with Crippen molar-refractivity contribution in [1.82, 2.24) is 10.2 Å². The van der Waals surface area contributed by atoms with Crippen molar-refractivity contribution >= 4 is 6.47 Å². The Morgan fingerprint density at radius 1 is 1.06 bits per heavy atom. The van der Waals surface area contributed by atoms with Gasteiger partial charge in [-0.25, -0.2) is 0 Å². The molecule has 102 valence electrons. The first-order valence-electron chi connectivity index (χ1n) is 6.24. The summed E-state index contributed by atoms with van der Waals surface area (Å²) in [5.74, 6) is 0. The van der Waals surface area contributed by atoms with Crippen LogP contribution in [0.15, 0.2) is 0 Å². The number of nitrogens with one attached hydrogen (secondary N) is 1. The van der Waals surface area contributed by atoms with Crippen molar-refractivity contribution in [3.63, 3.8) is 0 Å². The second kappa shape index (κ2) is 6.97. The second-order valence-electron chi connectivity index (χ2n) is 6.23. The summed E-state index contributed by atoms with van der Waals surface area (Å²) in [6, 6.07) is 0. The van der Waals surface area contributed by atoms with Gasteiger partial charge in [-0.2, -0.15) is 0 Å². The zero-order chi connectivity index (χ0) is 13.5. The van der Waals surface area contributed by atoms with E-state index in [1.807, 2.05) is 20.8 Å². The van der Waals surface area contributed by atoms with E-state index in [2.05, 4.69) is 35.7 Å². The van der Waals surface area contributed by atoms with Gasteiger partial charge in [-0.3, -0.25) is 9.69 Å². The van der Waals surface area contributed by atoms with Crippen LogP contribution < -0.4 is 5.32 Å².